The number of aliphatic hydroxyl groups excluding tert-OH is 1. The molecular weight excluding hydrogens is 324 g/mol. The molecule has 2 aromatic rings. The number of hydrogen-bond donors (Lipinski definition) is 2. The van der Waals surface area contributed by atoms with Gasteiger partial charge in [0.05, 0.1) is 44.2 Å². The number of hydrogen-bond acceptors (Lipinski definition) is 4. The highest BCUT2D eigenvalue weighted by Crippen LogP contribution is 2.35. The predicted molar refractivity (Wildman–Crippen MR) is 77.9 cm³/mol. The lowest BCUT2D eigenvalue weighted by Crippen LogP contribution is -2.50. The Balaban J connectivity index is 2.00. The van der Waals surface area contributed by atoms with Crippen molar-refractivity contribution in [1.82, 2.24) is 9.97 Å². The zero-order valence-electron chi connectivity index (χ0n) is 11.0. The van der Waals surface area contributed by atoms with Crippen molar-refractivity contribution in [2.24, 2.45) is 0 Å². The first-order valence-electron chi connectivity index (χ1n) is 6.26. The Labute approximate surface area is 125 Å². The van der Waals surface area contributed by atoms with Crippen LogP contribution in [0.5, 0.6) is 5.75 Å². The number of H-pyrrole nitrogens is 1. The van der Waals surface area contributed by atoms with Crippen molar-refractivity contribution in [2.45, 2.75) is 5.41 Å². The van der Waals surface area contributed by atoms with E-state index < -0.39 is 5.41 Å². The molecule has 1 fully saturated rings. The Morgan fingerprint density at radius 3 is 2.90 bits per heavy atom. The molecule has 2 N–H and O–H groups in total. The molecule has 0 amide bonds. The summed E-state index contributed by atoms with van der Waals surface area (Å²) in [5.74, 6) is 1.52. The van der Waals surface area contributed by atoms with Crippen LogP contribution in [0.15, 0.2) is 28.9 Å². The third kappa shape index (κ3) is 2.13. The molecule has 3 rings (SSSR count). The second-order valence-electron chi connectivity index (χ2n) is 4.92. The minimum atomic E-state index is -0.391. The van der Waals surface area contributed by atoms with E-state index in [9.17, 15) is 5.11 Å². The highest BCUT2D eigenvalue weighted by atomic mass is 79.9. The lowest BCUT2D eigenvalue weighted by Gasteiger charge is -2.37. The Bertz CT molecular complexity index is 617. The van der Waals surface area contributed by atoms with E-state index in [0.717, 1.165) is 27.3 Å². The molecule has 0 aliphatic carbocycles. The SMILES string of the molecule is COc1ccc(Br)cc1-c1cnc(C2(CO)COC2)[nH]1. The summed E-state index contributed by atoms with van der Waals surface area (Å²) in [7, 11) is 1.64. The number of imidazole rings is 1. The molecule has 6 heteroatoms. The lowest BCUT2D eigenvalue weighted by atomic mass is 9.86. The second kappa shape index (κ2) is 5.20. The predicted octanol–water partition coefficient (Wildman–Crippen LogP) is 2.11. The van der Waals surface area contributed by atoms with Crippen LogP contribution >= 0.6 is 15.9 Å². The van der Waals surface area contributed by atoms with E-state index >= 15 is 0 Å². The summed E-state index contributed by atoms with van der Waals surface area (Å²) in [6.07, 6.45) is 1.76. The van der Waals surface area contributed by atoms with Crippen LogP contribution in [-0.2, 0) is 10.2 Å². The smallest absolute Gasteiger partial charge is 0.128 e. The van der Waals surface area contributed by atoms with Crippen molar-refractivity contribution in [3.8, 4) is 17.0 Å². The molecule has 1 aliphatic heterocycles. The van der Waals surface area contributed by atoms with Crippen molar-refractivity contribution in [3.63, 3.8) is 0 Å². The molecule has 1 aliphatic rings. The summed E-state index contributed by atoms with van der Waals surface area (Å²) in [5, 5.41) is 9.54. The van der Waals surface area contributed by atoms with E-state index in [0.29, 0.717) is 13.2 Å². The van der Waals surface area contributed by atoms with Gasteiger partial charge in [-0.25, -0.2) is 4.98 Å². The average Bonchev–Trinajstić information content (AvgIpc) is 2.88. The molecule has 0 bridgehead atoms. The fourth-order valence-electron chi connectivity index (χ4n) is 2.27. The molecule has 0 saturated carbocycles. The van der Waals surface area contributed by atoms with Crippen LogP contribution in [0.4, 0.5) is 0 Å². The standard InChI is InChI=1S/C14H15BrN2O3/c1-19-12-3-2-9(15)4-10(12)11-5-16-13(17-11)14(6-18)7-20-8-14/h2-5,18H,6-8H2,1H3,(H,16,17). The number of rotatable bonds is 4. The maximum atomic E-state index is 9.54. The first kappa shape index (κ1) is 13.6. The molecule has 2 heterocycles. The molecular formula is C14H15BrN2O3. The van der Waals surface area contributed by atoms with E-state index in [1.165, 1.54) is 0 Å². The number of ether oxygens (including phenoxy) is 2. The number of halogens is 1. The Hall–Kier alpha value is -1.37. The van der Waals surface area contributed by atoms with Crippen molar-refractivity contribution >= 4 is 15.9 Å². The molecule has 0 unspecified atom stereocenters. The number of nitrogens with one attached hydrogen (secondary N) is 1. The summed E-state index contributed by atoms with van der Waals surface area (Å²) in [4.78, 5) is 7.67. The Morgan fingerprint density at radius 2 is 2.30 bits per heavy atom. The van der Waals surface area contributed by atoms with Gasteiger partial charge < -0.3 is 19.6 Å². The van der Waals surface area contributed by atoms with Gasteiger partial charge in [0.2, 0.25) is 0 Å². The van der Waals surface area contributed by atoms with Gasteiger partial charge in [0.1, 0.15) is 11.6 Å². The first-order chi connectivity index (χ1) is 9.68. The monoisotopic (exact) mass is 338 g/mol. The van der Waals surface area contributed by atoms with Crippen LogP contribution in [0, 0.1) is 0 Å². The van der Waals surface area contributed by atoms with E-state index in [1.807, 2.05) is 18.2 Å². The van der Waals surface area contributed by atoms with Crippen molar-refractivity contribution in [1.29, 1.82) is 0 Å². The number of aromatic nitrogens is 2. The fourth-order valence-corrected chi connectivity index (χ4v) is 2.63. The van der Waals surface area contributed by atoms with Gasteiger partial charge >= 0.3 is 0 Å². The number of aromatic amines is 1. The normalized spacial score (nSPS) is 16.8. The van der Waals surface area contributed by atoms with Crippen LogP contribution < -0.4 is 4.74 Å². The van der Waals surface area contributed by atoms with Gasteiger partial charge in [0, 0.05) is 10.0 Å². The number of nitrogens with zero attached hydrogens (tertiary/aromatic N) is 1. The zero-order chi connectivity index (χ0) is 14.2. The highest BCUT2D eigenvalue weighted by Gasteiger charge is 2.42. The number of benzene rings is 1. The maximum absolute atomic E-state index is 9.54. The first-order valence-corrected chi connectivity index (χ1v) is 7.06. The van der Waals surface area contributed by atoms with Gasteiger partial charge in [-0.05, 0) is 18.2 Å². The summed E-state index contributed by atoms with van der Waals surface area (Å²) in [5.41, 5.74) is 1.39. The number of methoxy groups -OCH3 is 1. The summed E-state index contributed by atoms with van der Waals surface area (Å²) in [6.45, 7) is 1.01. The lowest BCUT2D eigenvalue weighted by molar-refractivity contribution is -0.0880. The molecule has 20 heavy (non-hydrogen) atoms. The van der Waals surface area contributed by atoms with Crippen LogP contribution in [0.1, 0.15) is 5.82 Å². The van der Waals surface area contributed by atoms with Gasteiger partial charge in [-0.1, -0.05) is 15.9 Å². The topological polar surface area (TPSA) is 67.4 Å². The van der Waals surface area contributed by atoms with Crippen LogP contribution in [0.3, 0.4) is 0 Å². The Kier molecular flexibility index (Phi) is 3.54. The zero-order valence-corrected chi connectivity index (χ0v) is 12.6. The molecule has 0 spiro atoms. The third-order valence-corrected chi connectivity index (χ3v) is 4.08. The molecule has 1 saturated heterocycles. The van der Waals surface area contributed by atoms with Gasteiger partial charge in [-0.2, -0.15) is 0 Å². The van der Waals surface area contributed by atoms with Crippen molar-refractivity contribution < 1.29 is 14.6 Å². The van der Waals surface area contributed by atoms with Crippen LogP contribution in [-0.4, -0.2) is 42.0 Å². The van der Waals surface area contributed by atoms with Gasteiger partial charge in [-0.3, -0.25) is 0 Å². The largest absolute Gasteiger partial charge is 0.496 e. The number of aliphatic hydroxyl groups is 1. The highest BCUT2D eigenvalue weighted by molar-refractivity contribution is 9.10. The van der Waals surface area contributed by atoms with Crippen LogP contribution in [0.25, 0.3) is 11.3 Å². The molecule has 0 radical (unpaired) electrons. The maximum Gasteiger partial charge on any atom is 0.128 e. The van der Waals surface area contributed by atoms with Gasteiger partial charge in [-0.15, -0.1) is 0 Å². The molecule has 0 atom stereocenters. The summed E-state index contributed by atoms with van der Waals surface area (Å²) >= 11 is 3.46. The third-order valence-electron chi connectivity index (χ3n) is 3.59. The molecule has 1 aromatic carbocycles. The van der Waals surface area contributed by atoms with Crippen molar-refractivity contribution in [2.75, 3.05) is 26.9 Å². The van der Waals surface area contributed by atoms with E-state index in [2.05, 4.69) is 25.9 Å². The molecule has 106 valence electrons. The summed E-state index contributed by atoms with van der Waals surface area (Å²) < 4.78 is 11.5. The summed E-state index contributed by atoms with van der Waals surface area (Å²) in [6, 6.07) is 5.79. The quantitative estimate of drug-likeness (QED) is 0.895. The molecule has 5 nitrogen and oxygen atoms in total. The van der Waals surface area contributed by atoms with Crippen molar-refractivity contribution in [3.05, 3.63) is 34.7 Å². The average molecular weight is 339 g/mol. The van der Waals surface area contributed by atoms with Gasteiger partial charge in [0.15, 0.2) is 0 Å². The van der Waals surface area contributed by atoms with Crippen LogP contribution in [0.2, 0.25) is 0 Å². The van der Waals surface area contributed by atoms with E-state index in [-0.39, 0.29) is 6.61 Å². The van der Waals surface area contributed by atoms with Gasteiger partial charge in [0.25, 0.3) is 0 Å². The minimum absolute atomic E-state index is 0.0234. The Morgan fingerprint density at radius 1 is 1.50 bits per heavy atom. The van der Waals surface area contributed by atoms with E-state index in [4.69, 9.17) is 9.47 Å². The second-order valence-corrected chi connectivity index (χ2v) is 5.84. The fraction of sp³-hybridized carbons (Fsp3) is 0.357. The molecule has 1 aromatic heterocycles. The minimum Gasteiger partial charge on any atom is -0.496 e. The van der Waals surface area contributed by atoms with E-state index in [1.54, 1.807) is 13.3 Å².